The summed E-state index contributed by atoms with van der Waals surface area (Å²) in [5.41, 5.74) is 6.81. The molecule has 1 fully saturated rings. The Balaban J connectivity index is 1.05. The van der Waals surface area contributed by atoms with E-state index in [1.165, 1.54) is 0 Å². The van der Waals surface area contributed by atoms with Crippen LogP contribution in [0.1, 0.15) is 96.0 Å². The zero-order chi connectivity index (χ0) is 37.8. The number of carbonyl (C=O) groups is 3. The first-order valence-electron chi connectivity index (χ1n) is 18.6. The van der Waals surface area contributed by atoms with Gasteiger partial charge in [-0.25, -0.2) is 9.97 Å². The van der Waals surface area contributed by atoms with Crippen LogP contribution < -0.4 is 10.6 Å². The van der Waals surface area contributed by atoms with Crippen molar-refractivity contribution in [1.29, 1.82) is 0 Å². The summed E-state index contributed by atoms with van der Waals surface area (Å²) in [4.78, 5) is 53.3. The van der Waals surface area contributed by atoms with E-state index in [1.54, 1.807) is 6.07 Å². The van der Waals surface area contributed by atoms with Crippen molar-refractivity contribution in [2.75, 3.05) is 23.7 Å². The summed E-state index contributed by atoms with van der Waals surface area (Å²) in [5, 5.41) is 16.1. The largest absolute Gasteiger partial charge is 0.481 e. The highest BCUT2D eigenvalue weighted by atomic mass is 35.5. The van der Waals surface area contributed by atoms with Crippen LogP contribution in [0.15, 0.2) is 36.4 Å². The Bertz CT molecular complexity index is 2090. The molecule has 0 spiro atoms. The molecule has 4 heterocycles. The predicted molar refractivity (Wildman–Crippen MR) is 205 cm³/mol. The van der Waals surface area contributed by atoms with Gasteiger partial charge in [0, 0.05) is 87.8 Å². The molecule has 13 heteroatoms. The van der Waals surface area contributed by atoms with E-state index in [-0.39, 0.29) is 11.8 Å². The molecule has 0 saturated heterocycles. The molecule has 3 N–H and O–H groups in total. The molecule has 2 aromatic heterocycles. The van der Waals surface area contributed by atoms with Gasteiger partial charge in [-0.15, -0.1) is 0 Å². The van der Waals surface area contributed by atoms with Crippen molar-refractivity contribution in [3.63, 3.8) is 0 Å². The SMILES string of the molecule is Cc1c(NC(=O)c2nc3c(n2C)CCN(C2CCC(C)(C(=O)O)CC2)C3)cccc1-c1cccc(NC(=O)c2nc3c(n2C)CCN(C(C)C)C3)c1Cl. The van der Waals surface area contributed by atoms with Crippen molar-refractivity contribution >= 4 is 40.8 Å². The molecule has 1 aliphatic carbocycles. The average molecular weight is 741 g/mol. The highest BCUT2D eigenvalue weighted by molar-refractivity contribution is 6.36. The lowest BCUT2D eigenvalue weighted by Crippen LogP contribution is -2.44. The summed E-state index contributed by atoms with van der Waals surface area (Å²) in [6.45, 7) is 11.3. The van der Waals surface area contributed by atoms with Gasteiger partial charge in [0.2, 0.25) is 0 Å². The third-order valence-corrected chi connectivity index (χ3v) is 12.3. The van der Waals surface area contributed by atoms with Crippen LogP contribution in [-0.2, 0) is 44.8 Å². The molecule has 0 bridgehead atoms. The molecule has 12 nitrogen and oxygen atoms in total. The van der Waals surface area contributed by atoms with Crippen molar-refractivity contribution in [3.8, 4) is 11.1 Å². The minimum Gasteiger partial charge on any atom is -0.481 e. The molecule has 2 aliphatic heterocycles. The number of anilines is 2. The molecule has 1 saturated carbocycles. The first-order valence-corrected chi connectivity index (χ1v) is 18.9. The molecule has 3 aliphatic rings. The fourth-order valence-electron chi connectivity index (χ4n) is 8.33. The van der Waals surface area contributed by atoms with E-state index in [0.29, 0.717) is 59.5 Å². The maximum atomic E-state index is 13.8. The highest BCUT2D eigenvalue weighted by Gasteiger charge is 2.40. The van der Waals surface area contributed by atoms with Gasteiger partial charge in [-0.05, 0) is 76.6 Å². The fourth-order valence-corrected chi connectivity index (χ4v) is 8.60. The lowest BCUT2D eigenvalue weighted by atomic mass is 9.73. The minimum absolute atomic E-state index is 0.301. The van der Waals surface area contributed by atoms with Crippen LogP contribution in [0.5, 0.6) is 0 Å². The maximum Gasteiger partial charge on any atom is 0.309 e. The summed E-state index contributed by atoms with van der Waals surface area (Å²) in [6, 6.07) is 11.9. The summed E-state index contributed by atoms with van der Waals surface area (Å²) in [6.07, 6.45) is 4.63. The third kappa shape index (κ3) is 6.88. The number of fused-ring (bicyclic) bond motifs is 2. The Hall–Kier alpha value is -4.52. The average Bonchev–Trinajstić information content (AvgIpc) is 3.65. The monoisotopic (exact) mass is 740 g/mol. The number of imidazole rings is 2. The van der Waals surface area contributed by atoms with Gasteiger partial charge in [0.15, 0.2) is 11.6 Å². The number of aromatic nitrogens is 4. The molecule has 4 aromatic rings. The first kappa shape index (κ1) is 36.8. The number of benzene rings is 2. The summed E-state index contributed by atoms with van der Waals surface area (Å²) >= 11 is 6.99. The molecule has 280 valence electrons. The van der Waals surface area contributed by atoms with E-state index in [1.807, 2.05) is 67.4 Å². The van der Waals surface area contributed by atoms with E-state index in [4.69, 9.17) is 21.6 Å². The van der Waals surface area contributed by atoms with E-state index in [9.17, 15) is 19.5 Å². The van der Waals surface area contributed by atoms with E-state index >= 15 is 0 Å². The number of nitrogens with one attached hydrogen (secondary N) is 2. The van der Waals surface area contributed by atoms with Gasteiger partial charge in [0.25, 0.3) is 11.8 Å². The molecular formula is C40H49ClN8O4. The molecule has 7 rings (SSSR count). The van der Waals surface area contributed by atoms with E-state index < -0.39 is 11.4 Å². The van der Waals surface area contributed by atoms with Crippen LogP contribution in [0.4, 0.5) is 11.4 Å². The number of amides is 2. The smallest absolute Gasteiger partial charge is 0.309 e. The molecule has 2 aromatic carbocycles. The zero-order valence-electron chi connectivity index (χ0n) is 31.4. The van der Waals surface area contributed by atoms with Crippen LogP contribution in [-0.4, -0.2) is 77.0 Å². The Morgan fingerprint density at radius 1 is 0.849 bits per heavy atom. The predicted octanol–water partition coefficient (Wildman–Crippen LogP) is 6.45. The maximum absolute atomic E-state index is 13.8. The fraction of sp³-hybridized carbons (Fsp3) is 0.475. The summed E-state index contributed by atoms with van der Waals surface area (Å²) < 4.78 is 3.78. The van der Waals surface area contributed by atoms with Crippen LogP contribution >= 0.6 is 11.6 Å². The quantitative estimate of drug-likeness (QED) is 0.188. The second kappa shape index (κ2) is 14.4. The van der Waals surface area contributed by atoms with Gasteiger partial charge in [-0.3, -0.25) is 24.2 Å². The Morgan fingerprint density at radius 3 is 2.00 bits per heavy atom. The van der Waals surface area contributed by atoms with Gasteiger partial charge in [0.05, 0.1) is 27.5 Å². The van der Waals surface area contributed by atoms with Crippen LogP contribution in [0, 0.1) is 12.3 Å². The number of hydrogen-bond donors (Lipinski definition) is 3. The standard InChI is InChI=1S/C40H49ClN8O4/c1-23(2)48-19-15-32-30(21-48)42-36(46(32)5)38(51)45-29-12-8-10-27(34(29)41)26-9-7-11-28(24(26)3)44-37(50)35-43-31-22-49(20-16-33(31)47(35)6)25-13-17-40(4,18-14-25)39(52)53/h7-12,23,25H,13-22H2,1-6H3,(H,44,50)(H,45,51)(H,52,53). The Kier molecular flexibility index (Phi) is 9.99. The molecule has 0 atom stereocenters. The number of aliphatic carboxylic acids is 1. The van der Waals surface area contributed by atoms with Crippen molar-refractivity contribution in [2.45, 2.75) is 91.4 Å². The number of hydrogen-bond acceptors (Lipinski definition) is 7. The molecule has 2 amide bonds. The van der Waals surface area contributed by atoms with Gasteiger partial charge >= 0.3 is 5.97 Å². The van der Waals surface area contributed by atoms with Gasteiger partial charge in [-0.1, -0.05) is 35.9 Å². The topological polar surface area (TPSA) is 138 Å². The van der Waals surface area contributed by atoms with Gasteiger partial charge in [0.1, 0.15) is 0 Å². The summed E-state index contributed by atoms with van der Waals surface area (Å²) in [7, 11) is 3.78. The lowest BCUT2D eigenvalue weighted by molar-refractivity contribution is -0.150. The number of nitrogens with zero attached hydrogens (tertiary/aromatic N) is 6. The zero-order valence-corrected chi connectivity index (χ0v) is 32.2. The van der Waals surface area contributed by atoms with Crippen LogP contribution in [0.3, 0.4) is 0 Å². The van der Waals surface area contributed by atoms with Crippen molar-refractivity contribution in [2.24, 2.45) is 19.5 Å². The van der Waals surface area contributed by atoms with Gasteiger partial charge < -0.3 is 24.9 Å². The van der Waals surface area contributed by atoms with Crippen molar-refractivity contribution in [1.82, 2.24) is 28.9 Å². The molecule has 53 heavy (non-hydrogen) atoms. The first-order chi connectivity index (χ1) is 25.3. The molecule has 0 radical (unpaired) electrons. The van der Waals surface area contributed by atoms with Crippen LogP contribution in [0.25, 0.3) is 11.1 Å². The van der Waals surface area contributed by atoms with E-state index in [0.717, 1.165) is 84.8 Å². The Morgan fingerprint density at radius 2 is 1.40 bits per heavy atom. The normalized spacial score (nSPS) is 20.6. The van der Waals surface area contributed by atoms with E-state index in [2.05, 4.69) is 34.3 Å². The third-order valence-electron chi connectivity index (χ3n) is 11.9. The number of carboxylic acid groups (broad SMARTS) is 1. The Labute approximate surface area is 315 Å². The number of rotatable bonds is 8. The number of halogens is 1. The number of carboxylic acids is 1. The highest BCUT2D eigenvalue weighted by Crippen LogP contribution is 2.40. The molecule has 0 unspecified atom stereocenters. The number of carbonyl (C=O) groups excluding carboxylic acids is 2. The minimum atomic E-state index is -0.712. The molecular weight excluding hydrogens is 692 g/mol. The summed E-state index contributed by atoms with van der Waals surface area (Å²) in [5.74, 6) is -0.639. The van der Waals surface area contributed by atoms with Crippen LogP contribution in [0.2, 0.25) is 5.02 Å². The van der Waals surface area contributed by atoms with Gasteiger partial charge in [-0.2, -0.15) is 0 Å². The second-order valence-corrected chi connectivity index (χ2v) is 15.8. The second-order valence-electron chi connectivity index (χ2n) is 15.5. The van der Waals surface area contributed by atoms with Crippen molar-refractivity contribution in [3.05, 3.63) is 81.4 Å². The van der Waals surface area contributed by atoms with Crippen molar-refractivity contribution < 1.29 is 19.5 Å². The lowest BCUT2D eigenvalue weighted by Gasteiger charge is -2.41.